The smallest absolute Gasteiger partial charge is 0.221 e. The molecule has 1 rings (SSSR count). The maximum absolute atomic E-state index is 11.5. The number of amides is 1. The zero-order chi connectivity index (χ0) is 11.8. The molecule has 1 heterocycles. The Morgan fingerprint density at radius 3 is 3.12 bits per heavy atom. The second-order valence-electron chi connectivity index (χ2n) is 3.24. The third kappa shape index (κ3) is 4.01. The minimum atomic E-state index is -0.345. The van der Waals surface area contributed by atoms with E-state index in [1.54, 1.807) is 7.11 Å². The summed E-state index contributed by atoms with van der Waals surface area (Å²) >= 11 is 1.50. The van der Waals surface area contributed by atoms with Crippen molar-refractivity contribution in [1.82, 2.24) is 5.32 Å². The van der Waals surface area contributed by atoms with Gasteiger partial charge in [0.1, 0.15) is 0 Å². The minimum absolute atomic E-state index is 0.114. The van der Waals surface area contributed by atoms with Crippen LogP contribution in [0.4, 0.5) is 0 Å². The molecule has 0 radical (unpaired) electrons. The predicted molar refractivity (Wildman–Crippen MR) is 62.2 cm³/mol. The fourth-order valence-corrected chi connectivity index (χ4v) is 2.02. The number of rotatable bonds is 6. The number of nitrogens with one attached hydrogen (secondary N) is 1. The van der Waals surface area contributed by atoms with Crippen LogP contribution in [0.5, 0.6) is 0 Å². The van der Waals surface area contributed by atoms with Crippen LogP contribution in [0.3, 0.4) is 0 Å². The molecule has 0 aromatic carbocycles. The molecule has 4 nitrogen and oxygen atoms in total. The molecule has 0 aliphatic heterocycles. The van der Waals surface area contributed by atoms with Gasteiger partial charge in [0.05, 0.1) is 18.6 Å². The summed E-state index contributed by atoms with van der Waals surface area (Å²) in [6, 6.07) is 5.90. The number of hydrogen-bond acceptors (Lipinski definition) is 4. The maximum atomic E-state index is 11.5. The van der Waals surface area contributed by atoms with E-state index in [4.69, 9.17) is 10.00 Å². The summed E-state index contributed by atoms with van der Waals surface area (Å²) in [5.41, 5.74) is 0. The molecule has 0 bridgehead atoms. The van der Waals surface area contributed by atoms with Crippen molar-refractivity contribution >= 4 is 17.2 Å². The van der Waals surface area contributed by atoms with E-state index < -0.39 is 0 Å². The Hall–Kier alpha value is -1.38. The SMILES string of the molecule is COCCNC(=O)CC(C#N)c1cccs1. The lowest BCUT2D eigenvalue weighted by Gasteiger charge is -2.07. The first-order valence-corrected chi connectivity index (χ1v) is 5.84. The summed E-state index contributed by atoms with van der Waals surface area (Å²) < 4.78 is 4.82. The molecule has 1 aromatic heterocycles. The molecule has 1 atom stereocenters. The van der Waals surface area contributed by atoms with Gasteiger partial charge in [0.15, 0.2) is 0 Å². The molecule has 0 aliphatic rings. The predicted octanol–water partition coefficient (Wildman–Crippen LogP) is 1.51. The number of ether oxygens (including phenoxy) is 1. The quantitative estimate of drug-likeness (QED) is 0.764. The molecule has 0 spiro atoms. The van der Waals surface area contributed by atoms with Crippen LogP contribution in [0.15, 0.2) is 17.5 Å². The van der Waals surface area contributed by atoms with Gasteiger partial charge < -0.3 is 10.1 Å². The van der Waals surface area contributed by atoms with E-state index in [0.29, 0.717) is 13.2 Å². The van der Waals surface area contributed by atoms with Gasteiger partial charge >= 0.3 is 0 Å². The van der Waals surface area contributed by atoms with Gasteiger partial charge in [0, 0.05) is 25.0 Å². The van der Waals surface area contributed by atoms with Crippen molar-refractivity contribution in [3.8, 4) is 6.07 Å². The van der Waals surface area contributed by atoms with E-state index >= 15 is 0 Å². The van der Waals surface area contributed by atoms with Crippen LogP contribution in [0.1, 0.15) is 17.2 Å². The normalized spacial score (nSPS) is 11.8. The summed E-state index contributed by atoms with van der Waals surface area (Å²) in [5, 5.41) is 13.6. The van der Waals surface area contributed by atoms with Crippen LogP contribution in [-0.4, -0.2) is 26.2 Å². The highest BCUT2D eigenvalue weighted by Gasteiger charge is 2.15. The van der Waals surface area contributed by atoms with Gasteiger partial charge in [0.2, 0.25) is 5.91 Å². The summed E-state index contributed by atoms with van der Waals surface area (Å²) in [6.45, 7) is 0.972. The standard InChI is InChI=1S/C11H14N2O2S/c1-15-5-4-13-11(14)7-9(8-12)10-3-2-6-16-10/h2-3,6,9H,4-5,7H2,1H3,(H,13,14). The maximum Gasteiger partial charge on any atom is 0.221 e. The monoisotopic (exact) mass is 238 g/mol. The Bertz CT molecular complexity index is 357. The van der Waals surface area contributed by atoms with Crippen LogP contribution < -0.4 is 5.32 Å². The molecule has 0 aliphatic carbocycles. The average Bonchev–Trinajstić information content (AvgIpc) is 2.79. The largest absolute Gasteiger partial charge is 0.383 e. The molecule has 86 valence electrons. The van der Waals surface area contributed by atoms with Gasteiger partial charge in [-0.3, -0.25) is 4.79 Å². The Morgan fingerprint density at radius 2 is 2.56 bits per heavy atom. The lowest BCUT2D eigenvalue weighted by molar-refractivity contribution is -0.121. The van der Waals surface area contributed by atoms with Gasteiger partial charge in [-0.25, -0.2) is 0 Å². The number of thiophene rings is 1. The Balaban J connectivity index is 2.40. The lowest BCUT2D eigenvalue weighted by Crippen LogP contribution is -2.27. The highest BCUT2D eigenvalue weighted by Crippen LogP contribution is 2.23. The third-order valence-corrected chi connectivity index (χ3v) is 3.05. The Morgan fingerprint density at radius 1 is 1.75 bits per heavy atom. The number of nitriles is 1. The molecular formula is C11H14N2O2S. The number of carbonyl (C=O) groups is 1. The minimum Gasteiger partial charge on any atom is -0.383 e. The van der Waals surface area contributed by atoms with Crippen LogP contribution in [0.2, 0.25) is 0 Å². The number of carbonyl (C=O) groups excluding carboxylic acids is 1. The fourth-order valence-electron chi connectivity index (χ4n) is 1.25. The van der Waals surface area contributed by atoms with Crippen molar-refractivity contribution in [3.63, 3.8) is 0 Å². The summed E-state index contributed by atoms with van der Waals surface area (Å²) in [5.74, 6) is -0.459. The zero-order valence-electron chi connectivity index (χ0n) is 9.10. The van der Waals surface area contributed by atoms with Crippen molar-refractivity contribution in [3.05, 3.63) is 22.4 Å². The Labute approximate surface area is 98.8 Å². The number of nitrogens with zero attached hydrogens (tertiary/aromatic N) is 1. The fraction of sp³-hybridized carbons (Fsp3) is 0.455. The molecular weight excluding hydrogens is 224 g/mol. The molecule has 5 heteroatoms. The van der Waals surface area contributed by atoms with Crippen LogP contribution >= 0.6 is 11.3 Å². The third-order valence-electron chi connectivity index (χ3n) is 2.06. The first kappa shape index (κ1) is 12.7. The van der Waals surface area contributed by atoms with E-state index in [9.17, 15) is 4.79 Å². The first-order chi connectivity index (χ1) is 7.77. The van der Waals surface area contributed by atoms with E-state index in [1.165, 1.54) is 11.3 Å². The van der Waals surface area contributed by atoms with Crippen molar-refractivity contribution in [2.24, 2.45) is 0 Å². The second-order valence-corrected chi connectivity index (χ2v) is 4.22. The van der Waals surface area contributed by atoms with Crippen molar-refractivity contribution in [2.75, 3.05) is 20.3 Å². The number of methoxy groups -OCH3 is 1. The highest BCUT2D eigenvalue weighted by atomic mass is 32.1. The van der Waals surface area contributed by atoms with Gasteiger partial charge in [0.25, 0.3) is 0 Å². The molecule has 1 N–H and O–H groups in total. The molecule has 0 saturated carbocycles. The van der Waals surface area contributed by atoms with Gasteiger partial charge in [-0.05, 0) is 11.4 Å². The van der Waals surface area contributed by atoms with Crippen LogP contribution in [0.25, 0.3) is 0 Å². The molecule has 0 saturated heterocycles. The first-order valence-electron chi connectivity index (χ1n) is 4.96. The average molecular weight is 238 g/mol. The second kappa shape index (κ2) is 6.99. The summed E-state index contributed by atoms with van der Waals surface area (Å²) in [4.78, 5) is 12.4. The lowest BCUT2D eigenvalue weighted by atomic mass is 10.1. The number of hydrogen-bond donors (Lipinski definition) is 1. The van der Waals surface area contributed by atoms with Crippen molar-refractivity contribution in [1.29, 1.82) is 5.26 Å². The van der Waals surface area contributed by atoms with Gasteiger partial charge in [-0.2, -0.15) is 5.26 Å². The summed E-state index contributed by atoms with van der Waals surface area (Å²) in [6.07, 6.45) is 0.209. The molecule has 0 fully saturated rings. The van der Waals surface area contributed by atoms with Crippen LogP contribution in [0, 0.1) is 11.3 Å². The van der Waals surface area contributed by atoms with Gasteiger partial charge in [-0.1, -0.05) is 6.07 Å². The Kier molecular flexibility index (Phi) is 5.54. The molecule has 1 aromatic rings. The van der Waals surface area contributed by atoms with E-state index in [-0.39, 0.29) is 18.2 Å². The van der Waals surface area contributed by atoms with E-state index in [2.05, 4.69) is 11.4 Å². The summed E-state index contributed by atoms with van der Waals surface area (Å²) in [7, 11) is 1.58. The molecule has 1 amide bonds. The molecule has 1 unspecified atom stereocenters. The van der Waals surface area contributed by atoms with Crippen molar-refractivity contribution < 1.29 is 9.53 Å². The zero-order valence-corrected chi connectivity index (χ0v) is 9.92. The van der Waals surface area contributed by atoms with Crippen LogP contribution in [-0.2, 0) is 9.53 Å². The molecule has 16 heavy (non-hydrogen) atoms. The van der Waals surface area contributed by atoms with Gasteiger partial charge in [-0.15, -0.1) is 11.3 Å². The van der Waals surface area contributed by atoms with E-state index in [1.807, 2.05) is 17.5 Å². The highest BCUT2D eigenvalue weighted by molar-refractivity contribution is 7.10. The van der Waals surface area contributed by atoms with Crippen molar-refractivity contribution in [2.45, 2.75) is 12.3 Å². The van der Waals surface area contributed by atoms with E-state index in [0.717, 1.165) is 4.88 Å². The topological polar surface area (TPSA) is 62.1 Å².